The summed E-state index contributed by atoms with van der Waals surface area (Å²) in [7, 11) is 1.79. The van der Waals surface area contributed by atoms with Crippen LogP contribution in [0.3, 0.4) is 0 Å². The van der Waals surface area contributed by atoms with Gasteiger partial charge in [0.15, 0.2) is 0 Å². The van der Waals surface area contributed by atoms with Gasteiger partial charge < -0.3 is 20.3 Å². The number of carbonyl (C=O) groups is 1. The molecule has 1 amide bonds. The first-order valence-corrected chi connectivity index (χ1v) is 12.2. The van der Waals surface area contributed by atoms with Gasteiger partial charge in [0.1, 0.15) is 17.2 Å². The normalized spacial score (nSPS) is 16.4. The smallest absolute Gasteiger partial charge is 0.410 e. The number of rotatable bonds is 4. The Labute approximate surface area is 206 Å². The molecule has 0 unspecified atom stereocenters. The quantitative estimate of drug-likeness (QED) is 0.497. The van der Waals surface area contributed by atoms with E-state index in [2.05, 4.69) is 16.0 Å². The second-order valence-electron chi connectivity index (χ2n) is 10.6. The van der Waals surface area contributed by atoms with Crippen LogP contribution in [-0.2, 0) is 4.74 Å². The Morgan fingerprint density at radius 2 is 2.06 bits per heavy atom. The van der Waals surface area contributed by atoms with E-state index in [1.165, 1.54) is 6.07 Å². The van der Waals surface area contributed by atoms with Gasteiger partial charge in [-0.15, -0.1) is 0 Å². The Hall–Kier alpha value is -3.35. The number of nitrogens with zero attached hydrogens (tertiary/aromatic N) is 3. The fraction of sp³-hybridized carbons (Fsp3) is 0.429. The zero-order valence-corrected chi connectivity index (χ0v) is 21.3. The van der Waals surface area contributed by atoms with E-state index in [-0.39, 0.29) is 17.8 Å². The third-order valence-electron chi connectivity index (χ3n) is 6.44. The SMILES string of the molecule is Cc1cccc(F)c1-c1cc(N2CCC[C@@H](CN(C)C(=O)OC(C)(C)C)C2)c2cc(N)ncc2c1. The van der Waals surface area contributed by atoms with Crippen molar-refractivity contribution in [3.8, 4) is 11.1 Å². The van der Waals surface area contributed by atoms with Crippen LogP contribution in [-0.4, -0.2) is 48.3 Å². The first kappa shape index (κ1) is 24.8. The largest absolute Gasteiger partial charge is 0.444 e. The van der Waals surface area contributed by atoms with Crippen molar-refractivity contribution in [1.29, 1.82) is 0 Å². The lowest BCUT2D eigenvalue weighted by atomic mass is 9.93. The molecule has 0 bridgehead atoms. The molecule has 7 heteroatoms. The number of fused-ring (bicyclic) bond motifs is 1. The lowest BCUT2D eigenvalue weighted by molar-refractivity contribution is 0.0269. The molecule has 1 aliphatic rings. The van der Waals surface area contributed by atoms with Gasteiger partial charge in [-0.2, -0.15) is 0 Å². The van der Waals surface area contributed by atoms with Crippen LogP contribution in [0.15, 0.2) is 42.6 Å². The minimum Gasteiger partial charge on any atom is -0.444 e. The van der Waals surface area contributed by atoms with E-state index in [0.717, 1.165) is 53.5 Å². The number of pyridine rings is 1. The fourth-order valence-electron chi connectivity index (χ4n) is 4.89. The molecule has 2 N–H and O–H groups in total. The molecule has 186 valence electrons. The Kier molecular flexibility index (Phi) is 6.88. The first-order valence-electron chi connectivity index (χ1n) is 12.2. The molecular weight excluding hydrogens is 443 g/mol. The lowest BCUT2D eigenvalue weighted by Crippen LogP contribution is -2.43. The van der Waals surface area contributed by atoms with E-state index in [9.17, 15) is 9.18 Å². The highest BCUT2D eigenvalue weighted by Gasteiger charge is 2.27. The van der Waals surface area contributed by atoms with Gasteiger partial charge >= 0.3 is 6.09 Å². The molecule has 2 aromatic carbocycles. The van der Waals surface area contributed by atoms with Gasteiger partial charge in [0.25, 0.3) is 0 Å². The summed E-state index contributed by atoms with van der Waals surface area (Å²) in [6, 6.07) is 11.1. The molecular formula is C28H35FN4O2. The third kappa shape index (κ3) is 5.66. The number of aryl methyl sites for hydroxylation is 1. The molecule has 6 nitrogen and oxygen atoms in total. The average Bonchev–Trinajstić information content (AvgIpc) is 2.77. The van der Waals surface area contributed by atoms with Crippen LogP contribution in [0.25, 0.3) is 21.9 Å². The van der Waals surface area contributed by atoms with E-state index in [1.807, 2.05) is 45.9 Å². The highest BCUT2D eigenvalue weighted by molar-refractivity contribution is 5.99. The van der Waals surface area contributed by atoms with Crippen molar-refractivity contribution in [2.75, 3.05) is 37.3 Å². The molecule has 0 saturated carbocycles. The summed E-state index contributed by atoms with van der Waals surface area (Å²) >= 11 is 0. The Morgan fingerprint density at radius 1 is 1.29 bits per heavy atom. The number of hydrogen-bond donors (Lipinski definition) is 1. The summed E-state index contributed by atoms with van der Waals surface area (Å²) in [5.74, 6) is 0.496. The molecule has 0 spiro atoms. The van der Waals surface area contributed by atoms with Gasteiger partial charge in [0.05, 0.1) is 0 Å². The van der Waals surface area contributed by atoms with Crippen LogP contribution in [0, 0.1) is 18.7 Å². The number of hydrogen-bond acceptors (Lipinski definition) is 5. The molecule has 35 heavy (non-hydrogen) atoms. The maximum absolute atomic E-state index is 14.9. The molecule has 3 aromatic rings. The number of piperidine rings is 1. The third-order valence-corrected chi connectivity index (χ3v) is 6.44. The summed E-state index contributed by atoms with van der Waals surface area (Å²) in [5.41, 5.74) is 8.84. The van der Waals surface area contributed by atoms with Crippen LogP contribution < -0.4 is 10.6 Å². The van der Waals surface area contributed by atoms with Gasteiger partial charge in [-0.3, -0.25) is 0 Å². The maximum atomic E-state index is 14.9. The fourth-order valence-corrected chi connectivity index (χ4v) is 4.89. The summed E-state index contributed by atoms with van der Waals surface area (Å²) in [4.78, 5) is 20.8. The number of nitrogens with two attached hydrogens (primary N) is 1. The number of benzene rings is 2. The highest BCUT2D eigenvalue weighted by Crippen LogP contribution is 2.37. The van der Waals surface area contributed by atoms with Crippen molar-refractivity contribution in [2.24, 2.45) is 5.92 Å². The number of anilines is 2. The van der Waals surface area contributed by atoms with E-state index in [0.29, 0.717) is 17.9 Å². The van der Waals surface area contributed by atoms with Gasteiger partial charge in [0.2, 0.25) is 0 Å². The number of ether oxygens (including phenoxy) is 1. The van der Waals surface area contributed by atoms with Gasteiger partial charge in [0, 0.05) is 54.9 Å². The average molecular weight is 479 g/mol. The topological polar surface area (TPSA) is 71.7 Å². The van der Waals surface area contributed by atoms with Gasteiger partial charge in [-0.1, -0.05) is 12.1 Å². The summed E-state index contributed by atoms with van der Waals surface area (Å²) in [6.45, 7) is 9.81. The standard InChI is InChI=1S/C28H35FN4O2/c1-18-8-6-10-23(29)26(18)20-12-21-15-31-25(30)14-22(21)24(13-20)33-11-7-9-19(17-33)16-32(5)27(34)35-28(2,3)4/h6,8,10,12-15,19H,7,9,11,16-17H2,1-5H3,(H2,30,31)/t19-/m0/s1. The summed E-state index contributed by atoms with van der Waals surface area (Å²) in [6.07, 6.45) is 3.47. The van der Waals surface area contributed by atoms with Crippen molar-refractivity contribution in [1.82, 2.24) is 9.88 Å². The van der Waals surface area contributed by atoms with Gasteiger partial charge in [-0.25, -0.2) is 14.2 Å². The van der Waals surface area contributed by atoms with E-state index in [1.54, 1.807) is 24.2 Å². The predicted octanol–water partition coefficient (Wildman–Crippen LogP) is 6.01. The zero-order chi connectivity index (χ0) is 25.3. The molecule has 1 atom stereocenters. The van der Waals surface area contributed by atoms with Crippen LogP contribution in [0.1, 0.15) is 39.2 Å². The summed E-state index contributed by atoms with van der Waals surface area (Å²) in [5, 5.41) is 1.92. The molecule has 2 heterocycles. The first-order chi connectivity index (χ1) is 16.5. The summed E-state index contributed by atoms with van der Waals surface area (Å²) < 4.78 is 20.4. The van der Waals surface area contributed by atoms with Crippen molar-refractivity contribution in [3.63, 3.8) is 0 Å². The van der Waals surface area contributed by atoms with E-state index in [4.69, 9.17) is 10.5 Å². The van der Waals surface area contributed by atoms with Crippen molar-refractivity contribution in [2.45, 2.75) is 46.1 Å². The minimum atomic E-state index is -0.526. The molecule has 1 saturated heterocycles. The predicted molar refractivity (Wildman–Crippen MR) is 140 cm³/mol. The van der Waals surface area contributed by atoms with Crippen molar-refractivity contribution >= 4 is 28.4 Å². The maximum Gasteiger partial charge on any atom is 0.410 e. The van der Waals surface area contributed by atoms with Crippen molar-refractivity contribution in [3.05, 3.63) is 54.0 Å². The molecule has 0 aliphatic carbocycles. The second kappa shape index (κ2) is 9.72. The van der Waals surface area contributed by atoms with Crippen molar-refractivity contribution < 1.29 is 13.9 Å². The Morgan fingerprint density at radius 3 is 2.77 bits per heavy atom. The second-order valence-corrected chi connectivity index (χ2v) is 10.6. The number of halogens is 1. The van der Waals surface area contributed by atoms with Crippen LogP contribution >= 0.6 is 0 Å². The lowest BCUT2D eigenvalue weighted by Gasteiger charge is -2.37. The Balaban J connectivity index is 1.66. The molecule has 1 aromatic heterocycles. The molecule has 1 aliphatic heterocycles. The van der Waals surface area contributed by atoms with E-state index >= 15 is 0 Å². The molecule has 0 radical (unpaired) electrons. The van der Waals surface area contributed by atoms with Crippen LogP contribution in [0.2, 0.25) is 0 Å². The van der Waals surface area contributed by atoms with Crippen LogP contribution in [0.4, 0.5) is 20.7 Å². The van der Waals surface area contributed by atoms with E-state index < -0.39 is 5.60 Å². The van der Waals surface area contributed by atoms with Crippen LogP contribution in [0.5, 0.6) is 0 Å². The minimum absolute atomic E-state index is 0.241. The highest BCUT2D eigenvalue weighted by atomic mass is 19.1. The number of carbonyl (C=O) groups excluding carboxylic acids is 1. The number of aromatic nitrogens is 1. The Bertz CT molecular complexity index is 1220. The zero-order valence-electron chi connectivity index (χ0n) is 21.3. The number of nitrogen functional groups attached to an aromatic ring is 1. The van der Waals surface area contributed by atoms with Gasteiger partial charge in [-0.05, 0) is 81.8 Å². The molecule has 4 rings (SSSR count). The molecule has 1 fully saturated rings. The number of amides is 1. The monoisotopic (exact) mass is 478 g/mol.